The van der Waals surface area contributed by atoms with E-state index in [1.54, 1.807) is 24.3 Å². The minimum absolute atomic E-state index is 0.181. The summed E-state index contributed by atoms with van der Waals surface area (Å²) in [5.41, 5.74) is 2.12. The van der Waals surface area contributed by atoms with Gasteiger partial charge in [-0.2, -0.15) is 0 Å². The van der Waals surface area contributed by atoms with Gasteiger partial charge in [0.15, 0.2) is 0 Å². The van der Waals surface area contributed by atoms with Crippen LogP contribution in [0.1, 0.15) is 15.9 Å². The minimum atomic E-state index is -1.01. The van der Waals surface area contributed by atoms with Crippen LogP contribution in [0, 0.1) is 12.7 Å². The van der Waals surface area contributed by atoms with E-state index in [0.717, 1.165) is 5.56 Å². The zero-order valence-electron chi connectivity index (χ0n) is 10.1. The number of aryl methyl sites for hydroxylation is 1. The number of carboxylic acids is 1. The first-order chi connectivity index (χ1) is 8.97. The molecule has 0 amide bonds. The fourth-order valence-electron chi connectivity index (χ4n) is 1.67. The Hall–Kier alpha value is -1.88. The molecule has 0 radical (unpaired) electrons. The molecule has 2 aromatic carbocycles. The number of nitrogens with one attached hydrogen (secondary N) is 1. The topological polar surface area (TPSA) is 49.3 Å². The molecule has 2 N–H and O–H groups in total. The van der Waals surface area contributed by atoms with Crippen molar-refractivity contribution < 1.29 is 14.3 Å². The number of hydrogen-bond acceptors (Lipinski definition) is 2. The quantitative estimate of drug-likeness (QED) is 0.883. The summed E-state index contributed by atoms with van der Waals surface area (Å²) in [4.78, 5) is 11.2. The van der Waals surface area contributed by atoms with Gasteiger partial charge in [-0.3, -0.25) is 0 Å². The molecule has 3 nitrogen and oxygen atoms in total. The van der Waals surface area contributed by atoms with Gasteiger partial charge in [-0.15, -0.1) is 0 Å². The monoisotopic (exact) mass is 323 g/mol. The molecule has 0 heterocycles. The van der Waals surface area contributed by atoms with Crippen LogP contribution in [0.3, 0.4) is 0 Å². The summed E-state index contributed by atoms with van der Waals surface area (Å²) in [7, 11) is 0. The van der Waals surface area contributed by atoms with Crippen LogP contribution in [0.2, 0.25) is 0 Å². The standard InChI is InChI=1S/C14H11BrFNO2/c1-8-2-5-13(10(6-8)14(18)19)17-9-3-4-12(16)11(15)7-9/h2-7,17H,1H3,(H,18,19). The molecule has 0 unspecified atom stereocenters. The summed E-state index contributed by atoms with van der Waals surface area (Å²) in [5, 5.41) is 12.1. The van der Waals surface area contributed by atoms with Gasteiger partial charge in [0.25, 0.3) is 0 Å². The van der Waals surface area contributed by atoms with Crippen LogP contribution in [0.5, 0.6) is 0 Å². The Morgan fingerprint density at radius 2 is 2.00 bits per heavy atom. The van der Waals surface area contributed by atoms with Gasteiger partial charge in [-0.25, -0.2) is 9.18 Å². The zero-order valence-corrected chi connectivity index (χ0v) is 11.7. The molecule has 2 aromatic rings. The SMILES string of the molecule is Cc1ccc(Nc2ccc(F)c(Br)c2)c(C(=O)O)c1. The number of anilines is 2. The highest BCUT2D eigenvalue weighted by atomic mass is 79.9. The van der Waals surface area contributed by atoms with E-state index in [4.69, 9.17) is 5.11 Å². The molecule has 0 aliphatic carbocycles. The maximum atomic E-state index is 13.1. The van der Waals surface area contributed by atoms with Crippen LogP contribution >= 0.6 is 15.9 Å². The predicted molar refractivity (Wildman–Crippen MR) is 75.5 cm³/mol. The summed E-state index contributed by atoms with van der Waals surface area (Å²) < 4.78 is 13.4. The van der Waals surface area contributed by atoms with E-state index in [0.29, 0.717) is 15.8 Å². The molecule has 19 heavy (non-hydrogen) atoms. The second-order valence-corrected chi connectivity index (χ2v) is 4.96. The molecular formula is C14H11BrFNO2. The van der Waals surface area contributed by atoms with Gasteiger partial charge in [0.05, 0.1) is 15.7 Å². The normalized spacial score (nSPS) is 10.3. The van der Waals surface area contributed by atoms with E-state index >= 15 is 0 Å². The molecule has 5 heteroatoms. The second kappa shape index (κ2) is 5.40. The van der Waals surface area contributed by atoms with E-state index in [1.807, 2.05) is 13.0 Å². The van der Waals surface area contributed by atoms with E-state index < -0.39 is 5.97 Å². The third-order valence-corrected chi connectivity index (χ3v) is 3.21. The summed E-state index contributed by atoms with van der Waals surface area (Å²) in [6, 6.07) is 9.50. The number of hydrogen-bond donors (Lipinski definition) is 2. The van der Waals surface area contributed by atoms with Crippen molar-refractivity contribution in [3.05, 3.63) is 57.8 Å². The first-order valence-corrected chi connectivity index (χ1v) is 6.32. The van der Waals surface area contributed by atoms with Crippen LogP contribution in [0.4, 0.5) is 15.8 Å². The third kappa shape index (κ3) is 3.12. The highest BCUT2D eigenvalue weighted by Crippen LogP contribution is 2.25. The maximum Gasteiger partial charge on any atom is 0.337 e. The van der Waals surface area contributed by atoms with Crippen molar-refractivity contribution in [3.8, 4) is 0 Å². The van der Waals surface area contributed by atoms with Gasteiger partial charge < -0.3 is 10.4 Å². The molecule has 2 rings (SSSR count). The smallest absolute Gasteiger partial charge is 0.337 e. The van der Waals surface area contributed by atoms with Crippen molar-refractivity contribution in [2.24, 2.45) is 0 Å². The lowest BCUT2D eigenvalue weighted by Crippen LogP contribution is -2.03. The predicted octanol–water partition coefficient (Wildman–Crippen LogP) is 4.34. The average Bonchev–Trinajstić information content (AvgIpc) is 2.36. The van der Waals surface area contributed by atoms with E-state index in [-0.39, 0.29) is 11.4 Å². The van der Waals surface area contributed by atoms with Gasteiger partial charge in [0, 0.05) is 5.69 Å². The van der Waals surface area contributed by atoms with Crippen molar-refractivity contribution in [2.45, 2.75) is 6.92 Å². The number of benzene rings is 2. The highest BCUT2D eigenvalue weighted by molar-refractivity contribution is 9.10. The molecule has 0 aromatic heterocycles. The van der Waals surface area contributed by atoms with Crippen molar-refractivity contribution >= 4 is 33.3 Å². The number of aromatic carboxylic acids is 1. The summed E-state index contributed by atoms with van der Waals surface area (Å²) >= 11 is 3.09. The van der Waals surface area contributed by atoms with Crippen molar-refractivity contribution in [1.82, 2.24) is 0 Å². The lowest BCUT2D eigenvalue weighted by Gasteiger charge is -2.11. The Kier molecular flexibility index (Phi) is 3.85. The molecule has 0 bridgehead atoms. The Morgan fingerprint density at radius 3 is 2.63 bits per heavy atom. The molecule has 0 spiro atoms. The Bertz CT molecular complexity index is 643. The average molecular weight is 324 g/mol. The first-order valence-electron chi connectivity index (χ1n) is 5.53. The van der Waals surface area contributed by atoms with Crippen molar-refractivity contribution in [1.29, 1.82) is 0 Å². The zero-order chi connectivity index (χ0) is 14.0. The van der Waals surface area contributed by atoms with E-state index in [9.17, 15) is 9.18 Å². The van der Waals surface area contributed by atoms with Gasteiger partial charge in [-0.05, 0) is 53.2 Å². The number of rotatable bonds is 3. The van der Waals surface area contributed by atoms with E-state index in [1.165, 1.54) is 6.07 Å². The maximum absolute atomic E-state index is 13.1. The lowest BCUT2D eigenvalue weighted by molar-refractivity contribution is 0.0698. The van der Waals surface area contributed by atoms with Crippen LogP contribution in [-0.4, -0.2) is 11.1 Å². The fourth-order valence-corrected chi connectivity index (χ4v) is 2.05. The van der Waals surface area contributed by atoms with E-state index in [2.05, 4.69) is 21.2 Å². The first kappa shape index (κ1) is 13.5. The molecule has 0 fully saturated rings. The van der Waals surface area contributed by atoms with Crippen LogP contribution in [0.15, 0.2) is 40.9 Å². The van der Waals surface area contributed by atoms with Crippen LogP contribution in [0.25, 0.3) is 0 Å². The van der Waals surface area contributed by atoms with Crippen molar-refractivity contribution in [2.75, 3.05) is 5.32 Å². The van der Waals surface area contributed by atoms with Gasteiger partial charge in [0.1, 0.15) is 5.82 Å². The summed E-state index contributed by atoms with van der Waals surface area (Å²) in [6.07, 6.45) is 0. The molecule has 0 aliphatic heterocycles. The second-order valence-electron chi connectivity index (χ2n) is 4.11. The molecular weight excluding hydrogens is 313 g/mol. The molecule has 0 aliphatic rings. The molecule has 0 saturated heterocycles. The number of carbonyl (C=O) groups is 1. The van der Waals surface area contributed by atoms with Crippen LogP contribution in [-0.2, 0) is 0 Å². The molecule has 0 saturated carbocycles. The minimum Gasteiger partial charge on any atom is -0.478 e. The molecule has 0 atom stereocenters. The Morgan fingerprint density at radius 1 is 1.26 bits per heavy atom. The fraction of sp³-hybridized carbons (Fsp3) is 0.0714. The largest absolute Gasteiger partial charge is 0.478 e. The van der Waals surface area contributed by atoms with Crippen molar-refractivity contribution in [3.63, 3.8) is 0 Å². The van der Waals surface area contributed by atoms with Gasteiger partial charge in [-0.1, -0.05) is 11.6 Å². The van der Waals surface area contributed by atoms with Crippen LogP contribution < -0.4 is 5.32 Å². The highest BCUT2D eigenvalue weighted by Gasteiger charge is 2.11. The Labute approximate surface area is 118 Å². The molecule has 98 valence electrons. The third-order valence-electron chi connectivity index (χ3n) is 2.60. The number of carboxylic acid groups (broad SMARTS) is 1. The lowest BCUT2D eigenvalue weighted by atomic mass is 10.1. The number of halogens is 2. The van der Waals surface area contributed by atoms with Gasteiger partial charge >= 0.3 is 5.97 Å². The summed E-state index contributed by atoms with van der Waals surface area (Å²) in [6.45, 7) is 1.82. The van der Waals surface area contributed by atoms with Gasteiger partial charge in [0.2, 0.25) is 0 Å². The Balaban J connectivity index is 2.37. The summed E-state index contributed by atoms with van der Waals surface area (Å²) in [5.74, 6) is -1.37.